The van der Waals surface area contributed by atoms with Crippen LogP contribution in [0.2, 0.25) is 0 Å². The fourth-order valence-corrected chi connectivity index (χ4v) is 0.831. The van der Waals surface area contributed by atoms with Gasteiger partial charge in [0.1, 0.15) is 0 Å². The molecule has 3 nitrogen and oxygen atoms in total. The minimum atomic E-state index is 0.601. The Balaban J connectivity index is 2.99. The Hall–Kier alpha value is -0.640. The summed E-state index contributed by atoms with van der Waals surface area (Å²) in [5, 5.41) is 0. The molecular formula is C12H22O3. The molecular weight excluding hydrogens is 192 g/mol. The normalized spacial score (nSPS) is 10.3. The van der Waals surface area contributed by atoms with Gasteiger partial charge in [0.15, 0.2) is 0 Å². The van der Waals surface area contributed by atoms with Crippen molar-refractivity contribution in [3.05, 3.63) is 24.3 Å². The number of rotatable bonds is 10. The minimum Gasteiger partial charge on any atom is -0.377 e. The summed E-state index contributed by atoms with van der Waals surface area (Å²) in [5.41, 5.74) is 2.06. The lowest BCUT2D eigenvalue weighted by Gasteiger charge is -2.06. The molecule has 0 amide bonds. The van der Waals surface area contributed by atoms with Crippen molar-refractivity contribution in [2.75, 3.05) is 39.6 Å². The second kappa shape index (κ2) is 9.90. The third-order valence-electron chi connectivity index (χ3n) is 1.44. The zero-order chi connectivity index (χ0) is 11.5. The second-order valence-corrected chi connectivity index (χ2v) is 3.63. The molecule has 0 aromatic carbocycles. The molecule has 0 radical (unpaired) electrons. The maximum absolute atomic E-state index is 5.29. The third kappa shape index (κ3) is 13.4. The van der Waals surface area contributed by atoms with Crippen molar-refractivity contribution in [2.24, 2.45) is 0 Å². The van der Waals surface area contributed by atoms with Gasteiger partial charge in [0.2, 0.25) is 0 Å². The van der Waals surface area contributed by atoms with Gasteiger partial charge >= 0.3 is 0 Å². The zero-order valence-corrected chi connectivity index (χ0v) is 9.88. The summed E-state index contributed by atoms with van der Waals surface area (Å²) in [7, 11) is 0. The second-order valence-electron chi connectivity index (χ2n) is 3.63. The number of hydrogen-bond acceptors (Lipinski definition) is 3. The lowest BCUT2D eigenvalue weighted by atomic mass is 10.4. The van der Waals surface area contributed by atoms with Crippen molar-refractivity contribution in [3.63, 3.8) is 0 Å². The van der Waals surface area contributed by atoms with E-state index in [9.17, 15) is 0 Å². The summed E-state index contributed by atoms with van der Waals surface area (Å²) in [6, 6.07) is 0. The van der Waals surface area contributed by atoms with Crippen molar-refractivity contribution in [1.29, 1.82) is 0 Å². The van der Waals surface area contributed by atoms with Gasteiger partial charge in [-0.3, -0.25) is 0 Å². The van der Waals surface area contributed by atoms with Crippen molar-refractivity contribution in [1.82, 2.24) is 0 Å². The molecule has 0 spiro atoms. The highest BCUT2D eigenvalue weighted by molar-refractivity contribution is 4.87. The van der Waals surface area contributed by atoms with Gasteiger partial charge in [-0.25, -0.2) is 0 Å². The Bertz CT molecular complexity index is 167. The Labute approximate surface area is 92.7 Å². The Kier molecular flexibility index (Phi) is 9.48. The summed E-state index contributed by atoms with van der Waals surface area (Å²) >= 11 is 0. The van der Waals surface area contributed by atoms with Gasteiger partial charge < -0.3 is 14.2 Å². The van der Waals surface area contributed by atoms with Gasteiger partial charge in [0.05, 0.1) is 39.6 Å². The van der Waals surface area contributed by atoms with Crippen LogP contribution in [0.4, 0.5) is 0 Å². The first-order chi connectivity index (χ1) is 7.13. The van der Waals surface area contributed by atoms with Crippen LogP contribution in [0.25, 0.3) is 0 Å². The first kappa shape index (κ1) is 14.4. The predicted molar refractivity (Wildman–Crippen MR) is 62.1 cm³/mol. The van der Waals surface area contributed by atoms with Crippen LogP contribution in [-0.4, -0.2) is 39.6 Å². The molecule has 0 aromatic rings. The molecule has 0 fully saturated rings. The van der Waals surface area contributed by atoms with Crippen LogP contribution in [-0.2, 0) is 14.2 Å². The topological polar surface area (TPSA) is 27.7 Å². The van der Waals surface area contributed by atoms with E-state index in [1.807, 2.05) is 13.8 Å². The van der Waals surface area contributed by atoms with Crippen LogP contribution in [0.15, 0.2) is 24.3 Å². The maximum atomic E-state index is 5.29. The Morgan fingerprint density at radius 2 is 1.07 bits per heavy atom. The standard InChI is InChI=1S/C12H22O3/c1-11(2)9-14-7-5-13-6-8-15-10-12(3)4/h1,3,5-10H2,2,4H3. The molecule has 0 N–H and O–H groups in total. The predicted octanol–water partition coefficient (Wildman–Crippen LogP) is 2.19. The summed E-state index contributed by atoms with van der Waals surface area (Å²) in [5.74, 6) is 0. The average Bonchev–Trinajstić information content (AvgIpc) is 2.14. The summed E-state index contributed by atoms with van der Waals surface area (Å²) < 4.78 is 15.8. The molecule has 15 heavy (non-hydrogen) atoms. The molecule has 0 rings (SSSR count). The van der Waals surface area contributed by atoms with E-state index in [1.54, 1.807) is 0 Å². The van der Waals surface area contributed by atoms with Crippen LogP contribution in [0.3, 0.4) is 0 Å². The minimum absolute atomic E-state index is 0.601. The average molecular weight is 214 g/mol. The number of ether oxygens (including phenoxy) is 3. The SMILES string of the molecule is C=C(C)COCCOCCOCC(=C)C. The van der Waals surface area contributed by atoms with E-state index in [-0.39, 0.29) is 0 Å². The maximum Gasteiger partial charge on any atom is 0.0704 e. The molecule has 0 saturated heterocycles. The van der Waals surface area contributed by atoms with E-state index in [1.165, 1.54) is 0 Å². The Morgan fingerprint density at radius 3 is 1.40 bits per heavy atom. The van der Waals surface area contributed by atoms with Crippen molar-refractivity contribution < 1.29 is 14.2 Å². The molecule has 0 heterocycles. The van der Waals surface area contributed by atoms with E-state index >= 15 is 0 Å². The summed E-state index contributed by atoms with van der Waals surface area (Å²) in [6.45, 7) is 15.0. The van der Waals surface area contributed by atoms with E-state index in [4.69, 9.17) is 14.2 Å². The van der Waals surface area contributed by atoms with Crippen LogP contribution >= 0.6 is 0 Å². The largest absolute Gasteiger partial charge is 0.377 e. The fraction of sp³-hybridized carbons (Fsp3) is 0.667. The van der Waals surface area contributed by atoms with Crippen molar-refractivity contribution >= 4 is 0 Å². The van der Waals surface area contributed by atoms with Crippen molar-refractivity contribution in [2.45, 2.75) is 13.8 Å². The molecule has 0 aliphatic heterocycles. The van der Waals surface area contributed by atoms with Gasteiger partial charge in [0.25, 0.3) is 0 Å². The van der Waals surface area contributed by atoms with E-state index in [0.29, 0.717) is 39.6 Å². The third-order valence-corrected chi connectivity index (χ3v) is 1.44. The number of hydrogen-bond donors (Lipinski definition) is 0. The highest BCUT2D eigenvalue weighted by Crippen LogP contribution is 1.89. The van der Waals surface area contributed by atoms with Crippen LogP contribution < -0.4 is 0 Å². The lowest BCUT2D eigenvalue weighted by Crippen LogP contribution is -2.10. The molecule has 88 valence electrons. The van der Waals surface area contributed by atoms with E-state index in [2.05, 4.69) is 13.2 Å². The quantitative estimate of drug-likeness (QED) is 0.412. The first-order valence-corrected chi connectivity index (χ1v) is 5.15. The molecule has 0 saturated carbocycles. The monoisotopic (exact) mass is 214 g/mol. The summed E-state index contributed by atoms with van der Waals surface area (Å²) in [6.07, 6.45) is 0. The van der Waals surface area contributed by atoms with Gasteiger partial charge in [-0.05, 0) is 13.8 Å². The van der Waals surface area contributed by atoms with E-state index in [0.717, 1.165) is 11.1 Å². The van der Waals surface area contributed by atoms with Crippen LogP contribution in [0.5, 0.6) is 0 Å². The first-order valence-electron chi connectivity index (χ1n) is 5.15. The van der Waals surface area contributed by atoms with Gasteiger partial charge in [-0.15, -0.1) is 0 Å². The Morgan fingerprint density at radius 1 is 0.733 bits per heavy atom. The molecule has 0 unspecified atom stereocenters. The molecule has 0 aliphatic rings. The van der Waals surface area contributed by atoms with Crippen LogP contribution in [0.1, 0.15) is 13.8 Å². The molecule has 0 atom stereocenters. The van der Waals surface area contributed by atoms with Gasteiger partial charge in [-0.1, -0.05) is 24.3 Å². The molecule has 0 aliphatic carbocycles. The highest BCUT2D eigenvalue weighted by Gasteiger charge is 1.91. The zero-order valence-electron chi connectivity index (χ0n) is 9.88. The molecule has 0 aromatic heterocycles. The molecule has 3 heteroatoms. The van der Waals surface area contributed by atoms with Gasteiger partial charge in [-0.2, -0.15) is 0 Å². The lowest BCUT2D eigenvalue weighted by molar-refractivity contribution is 0.0231. The smallest absolute Gasteiger partial charge is 0.0704 e. The summed E-state index contributed by atoms with van der Waals surface area (Å²) in [4.78, 5) is 0. The molecule has 0 bridgehead atoms. The fourth-order valence-electron chi connectivity index (χ4n) is 0.831. The van der Waals surface area contributed by atoms with Gasteiger partial charge in [0, 0.05) is 0 Å². The highest BCUT2D eigenvalue weighted by atomic mass is 16.5. The van der Waals surface area contributed by atoms with Crippen molar-refractivity contribution in [3.8, 4) is 0 Å². The van der Waals surface area contributed by atoms with E-state index < -0.39 is 0 Å². The van der Waals surface area contributed by atoms with Crippen LogP contribution in [0, 0.1) is 0 Å².